The molecule has 0 unspecified atom stereocenters. The molecule has 8 heteroatoms. The standard InChI is InChI=1S/C12H18N2O5S/c1-9(15)11-8-10(14(16)17)12(20-11)13(4-6-18-2)5-7-19-3/h8H,4-7H2,1-3H3. The third kappa shape index (κ3) is 4.26. The molecule has 0 aliphatic carbocycles. The Morgan fingerprint density at radius 3 is 2.30 bits per heavy atom. The van der Waals surface area contributed by atoms with Crippen molar-refractivity contribution in [3.05, 3.63) is 21.1 Å². The summed E-state index contributed by atoms with van der Waals surface area (Å²) in [6.45, 7) is 3.27. The van der Waals surface area contributed by atoms with Gasteiger partial charge in [-0.25, -0.2) is 0 Å². The summed E-state index contributed by atoms with van der Waals surface area (Å²) in [6, 6.07) is 1.33. The van der Waals surface area contributed by atoms with Gasteiger partial charge >= 0.3 is 5.69 Å². The van der Waals surface area contributed by atoms with Gasteiger partial charge in [-0.3, -0.25) is 14.9 Å². The number of nitrogens with zero attached hydrogens (tertiary/aromatic N) is 2. The van der Waals surface area contributed by atoms with E-state index >= 15 is 0 Å². The van der Waals surface area contributed by atoms with Crippen LogP contribution in [0.25, 0.3) is 0 Å². The van der Waals surface area contributed by atoms with E-state index in [-0.39, 0.29) is 11.5 Å². The van der Waals surface area contributed by atoms with Crippen LogP contribution in [0.15, 0.2) is 6.07 Å². The molecular weight excluding hydrogens is 284 g/mol. The number of rotatable bonds is 9. The normalized spacial score (nSPS) is 10.6. The van der Waals surface area contributed by atoms with Crippen LogP contribution in [0.4, 0.5) is 10.7 Å². The zero-order chi connectivity index (χ0) is 15.1. The van der Waals surface area contributed by atoms with Crippen molar-refractivity contribution in [1.29, 1.82) is 0 Å². The lowest BCUT2D eigenvalue weighted by atomic mass is 10.3. The molecule has 7 nitrogen and oxygen atoms in total. The lowest BCUT2D eigenvalue weighted by Gasteiger charge is -2.21. The Balaban J connectivity index is 3.08. The third-order valence-electron chi connectivity index (χ3n) is 2.66. The minimum Gasteiger partial charge on any atom is -0.383 e. The second-order valence-corrected chi connectivity index (χ2v) is 5.12. The Morgan fingerprint density at radius 1 is 1.35 bits per heavy atom. The fourth-order valence-electron chi connectivity index (χ4n) is 1.62. The van der Waals surface area contributed by atoms with Crippen molar-refractivity contribution >= 4 is 27.8 Å². The maximum absolute atomic E-state index is 11.4. The van der Waals surface area contributed by atoms with Gasteiger partial charge in [-0.2, -0.15) is 0 Å². The Bertz CT molecular complexity index is 466. The summed E-state index contributed by atoms with van der Waals surface area (Å²) in [5.74, 6) is -0.178. The average Bonchev–Trinajstić information content (AvgIpc) is 2.84. The molecule has 0 bridgehead atoms. The van der Waals surface area contributed by atoms with E-state index in [1.54, 1.807) is 14.2 Å². The van der Waals surface area contributed by atoms with Crippen LogP contribution in [0.5, 0.6) is 0 Å². The number of carbonyl (C=O) groups is 1. The minimum absolute atomic E-state index is 0.0487. The molecular formula is C12H18N2O5S. The molecule has 1 aromatic heterocycles. The second-order valence-electron chi connectivity index (χ2n) is 4.09. The Morgan fingerprint density at radius 2 is 1.90 bits per heavy atom. The van der Waals surface area contributed by atoms with Crippen molar-refractivity contribution < 1.29 is 19.2 Å². The van der Waals surface area contributed by atoms with Crippen LogP contribution in [-0.2, 0) is 9.47 Å². The first-order chi connectivity index (χ1) is 9.51. The lowest BCUT2D eigenvalue weighted by Crippen LogP contribution is -2.30. The lowest BCUT2D eigenvalue weighted by molar-refractivity contribution is -0.383. The highest BCUT2D eigenvalue weighted by Crippen LogP contribution is 2.37. The second kappa shape index (κ2) is 7.93. The van der Waals surface area contributed by atoms with Crippen LogP contribution in [0.2, 0.25) is 0 Å². The van der Waals surface area contributed by atoms with Crippen molar-refractivity contribution in [2.24, 2.45) is 0 Å². The van der Waals surface area contributed by atoms with Crippen molar-refractivity contribution in [2.45, 2.75) is 6.92 Å². The molecule has 0 radical (unpaired) electrons. The van der Waals surface area contributed by atoms with Gasteiger partial charge in [-0.05, 0) is 6.92 Å². The molecule has 0 fully saturated rings. The number of nitro groups is 1. The van der Waals surface area contributed by atoms with Gasteiger partial charge in [-0.15, -0.1) is 11.3 Å². The molecule has 0 aliphatic rings. The van der Waals surface area contributed by atoms with E-state index in [9.17, 15) is 14.9 Å². The van der Waals surface area contributed by atoms with E-state index in [4.69, 9.17) is 9.47 Å². The predicted octanol–water partition coefficient (Wildman–Crippen LogP) is 1.96. The van der Waals surface area contributed by atoms with Gasteiger partial charge in [0.05, 0.1) is 23.0 Å². The fraction of sp³-hybridized carbons (Fsp3) is 0.583. The van der Waals surface area contributed by atoms with Gasteiger partial charge in [0.1, 0.15) is 0 Å². The molecule has 1 aromatic rings. The molecule has 0 amide bonds. The summed E-state index contributed by atoms with van der Waals surface area (Å²) in [5.41, 5.74) is -0.0487. The Kier molecular flexibility index (Phi) is 6.56. The predicted molar refractivity (Wildman–Crippen MR) is 76.9 cm³/mol. The van der Waals surface area contributed by atoms with E-state index in [1.165, 1.54) is 13.0 Å². The molecule has 1 heterocycles. The molecule has 20 heavy (non-hydrogen) atoms. The number of anilines is 1. The Hall–Kier alpha value is -1.51. The number of carbonyl (C=O) groups excluding carboxylic acids is 1. The van der Waals surface area contributed by atoms with Gasteiger partial charge in [-0.1, -0.05) is 0 Å². The molecule has 1 rings (SSSR count). The first kappa shape index (κ1) is 16.5. The highest BCUT2D eigenvalue weighted by molar-refractivity contribution is 7.18. The number of thiophene rings is 1. The number of hydrogen-bond acceptors (Lipinski definition) is 7. The molecule has 0 saturated carbocycles. The zero-order valence-electron chi connectivity index (χ0n) is 11.7. The van der Waals surface area contributed by atoms with Crippen LogP contribution in [0.3, 0.4) is 0 Å². The Labute approximate surface area is 121 Å². The average molecular weight is 302 g/mol. The highest BCUT2D eigenvalue weighted by atomic mass is 32.1. The van der Waals surface area contributed by atoms with Crippen LogP contribution in [-0.4, -0.2) is 51.2 Å². The van der Waals surface area contributed by atoms with E-state index in [1.807, 2.05) is 4.90 Å². The maximum Gasteiger partial charge on any atom is 0.304 e. The van der Waals surface area contributed by atoms with E-state index in [0.717, 1.165) is 11.3 Å². The number of Topliss-reactive ketones (excluding diaryl/α,β-unsaturated/α-hetero) is 1. The summed E-state index contributed by atoms with van der Waals surface area (Å²) >= 11 is 1.13. The van der Waals surface area contributed by atoms with Crippen molar-refractivity contribution in [3.63, 3.8) is 0 Å². The molecule has 0 saturated heterocycles. The molecule has 0 aliphatic heterocycles. The summed E-state index contributed by atoms with van der Waals surface area (Å²) in [4.78, 5) is 24.2. The number of hydrogen-bond donors (Lipinski definition) is 0. The van der Waals surface area contributed by atoms with Crippen molar-refractivity contribution in [2.75, 3.05) is 45.4 Å². The summed E-state index contributed by atoms with van der Waals surface area (Å²) in [6.07, 6.45) is 0. The third-order valence-corrected chi connectivity index (χ3v) is 3.94. The van der Waals surface area contributed by atoms with Crippen LogP contribution in [0, 0.1) is 10.1 Å². The van der Waals surface area contributed by atoms with Crippen molar-refractivity contribution in [1.82, 2.24) is 0 Å². The van der Waals surface area contributed by atoms with Crippen molar-refractivity contribution in [3.8, 4) is 0 Å². The number of ketones is 1. The SMILES string of the molecule is COCCN(CCOC)c1sc(C(C)=O)cc1[N+](=O)[O-]. The monoisotopic (exact) mass is 302 g/mol. The van der Waals surface area contributed by atoms with E-state index in [0.29, 0.717) is 36.2 Å². The van der Waals surface area contributed by atoms with Gasteiger partial charge in [0.2, 0.25) is 0 Å². The molecule has 112 valence electrons. The smallest absolute Gasteiger partial charge is 0.304 e. The summed E-state index contributed by atoms with van der Waals surface area (Å²) in [5, 5.41) is 11.6. The fourth-order valence-corrected chi connectivity index (χ4v) is 2.69. The van der Waals surface area contributed by atoms with Crippen LogP contribution in [0.1, 0.15) is 16.6 Å². The molecule has 0 N–H and O–H groups in total. The number of methoxy groups -OCH3 is 2. The quantitative estimate of drug-likeness (QED) is 0.394. The topological polar surface area (TPSA) is 81.9 Å². The maximum atomic E-state index is 11.4. The van der Waals surface area contributed by atoms with Crippen LogP contribution >= 0.6 is 11.3 Å². The minimum atomic E-state index is -0.467. The van der Waals surface area contributed by atoms with Crippen LogP contribution < -0.4 is 4.90 Å². The van der Waals surface area contributed by atoms with Gasteiger partial charge in [0, 0.05) is 33.4 Å². The van der Waals surface area contributed by atoms with E-state index < -0.39 is 4.92 Å². The highest BCUT2D eigenvalue weighted by Gasteiger charge is 2.25. The first-order valence-electron chi connectivity index (χ1n) is 6.03. The number of ether oxygens (including phenoxy) is 2. The molecule has 0 spiro atoms. The first-order valence-corrected chi connectivity index (χ1v) is 6.84. The van der Waals surface area contributed by atoms with Gasteiger partial charge in [0.15, 0.2) is 10.8 Å². The molecule has 0 atom stereocenters. The van der Waals surface area contributed by atoms with Gasteiger partial charge < -0.3 is 14.4 Å². The summed E-state index contributed by atoms with van der Waals surface area (Å²) < 4.78 is 10.0. The summed E-state index contributed by atoms with van der Waals surface area (Å²) in [7, 11) is 3.14. The van der Waals surface area contributed by atoms with Gasteiger partial charge in [0.25, 0.3) is 0 Å². The largest absolute Gasteiger partial charge is 0.383 e. The zero-order valence-corrected chi connectivity index (χ0v) is 12.6. The molecule has 0 aromatic carbocycles. The van der Waals surface area contributed by atoms with E-state index in [2.05, 4.69) is 0 Å².